The molecule has 0 saturated heterocycles. The Morgan fingerprint density at radius 1 is 1.17 bits per heavy atom. The predicted molar refractivity (Wildman–Crippen MR) is 95.5 cm³/mol. The maximum atomic E-state index is 12.8. The Bertz CT molecular complexity index is 663. The van der Waals surface area contributed by atoms with Crippen molar-refractivity contribution in [1.82, 2.24) is 9.62 Å². The molecule has 1 aromatic rings. The summed E-state index contributed by atoms with van der Waals surface area (Å²) in [7, 11) is -1.77. The van der Waals surface area contributed by atoms with Crippen LogP contribution in [0.15, 0.2) is 29.2 Å². The van der Waals surface area contributed by atoms with Gasteiger partial charge in [-0.3, -0.25) is 4.79 Å². The molecule has 0 unspecified atom stereocenters. The maximum Gasteiger partial charge on any atom is 0.253 e. The van der Waals surface area contributed by atoms with E-state index in [9.17, 15) is 13.2 Å². The molecule has 24 heavy (non-hydrogen) atoms. The van der Waals surface area contributed by atoms with Crippen molar-refractivity contribution < 1.29 is 13.2 Å². The Kier molecular flexibility index (Phi) is 6.40. The number of benzene rings is 1. The summed E-state index contributed by atoms with van der Waals surface area (Å²) in [6, 6.07) is 6.36. The van der Waals surface area contributed by atoms with Crippen molar-refractivity contribution in [2.45, 2.75) is 69.4 Å². The summed E-state index contributed by atoms with van der Waals surface area (Å²) < 4.78 is 27.1. The van der Waals surface area contributed by atoms with E-state index in [1.807, 2.05) is 7.05 Å². The first kappa shape index (κ1) is 18.9. The van der Waals surface area contributed by atoms with Crippen LogP contribution in [0, 0.1) is 0 Å². The zero-order valence-electron chi connectivity index (χ0n) is 14.8. The maximum absolute atomic E-state index is 12.8. The van der Waals surface area contributed by atoms with Gasteiger partial charge < -0.3 is 4.90 Å². The third-order valence-electron chi connectivity index (χ3n) is 4.47. The number of carbonyl (C=O) groups excluding carboxylic acids is 1. The number of nitrogens with one attached hydrogen (secondary N) is 1. The number of rotatable bonds is 5. The highest BCUT2D eigenvalue weighted by atomic mass is 32.2. The van der Waals surface area contributed by atoms with Gasteiger partial charge in [-0.25, -0.2) is 13.1 Å². The normalized spacial score (nSPS) is 16.8. The number of carbonyl (C=O) groups is 1. The second-order valence-corrected chi connectivity index (χ2v) is 8.58. The molecule has 0 spiro atoms. The van der Waals surface area contributed by atoms with E-state index in [1.54, 1.807) is 30.9 Å². The number of nitrogens with zero attached hydrogens (tertiary/aromatic N) is 1. The van der Waals surface area contributed by atoms with Gasteiger partial charge in [0.1, 0.15) is 0 Å². The Labute approximate surface area is 145 Å². The highest BCUT2D eigenvalue weighted by Gasteiger charge is 2.23. The quantitative estimate of drug-likeness (QED) is 0.828. The third kappa shape index (κ3) is 4.80. The predicted octanol–water partition coefficient (Wildman–Crippen LogP) is 3.17. The molecule has 1 aromatic carbocycles. The highest BCUT2D eigenvalue weighted by Crippen LogP contribution is 2.23. The fourth-order valence-corrected chi connectivity index (χ4v) is 4.49. The van der Waals surface area contributed by atoms with Gasteiger partial charge in [0.2, 0.25) is 10.0 Å². The molecule has 1 amide bonds. The monoisotopic (exact) mass is 352 g/mol. The molecule has 0 bridgehead atoms. The van der Waals surface area contributed by atoms with E-state index < -0.39 is 10.0 Å². The average Bonchev–Trinajstić information content (AvgIpc) is 2.81. The van der Waals surface area contributed by atoms with Gasteiger partial charge in [-0.2, -0.15) is 0 Å². The van der Waals surface area contributed by atoms with Gasteiger partial charge in [-0.1, -0.05) is 31.7 Å². The fraction of sp³-hybridized carbons (Fsp3) is 0.611. The van der Waals surface area contributed by atoms with Crippen LogP contribution in [0.4, 0.5) is 0 Å². The third-order valence-corrected chi connectivity index (χ3v) is 6.13. The van der Waals surface area contributed by atoms with E-state index in [-0.39, 0.29) is 22.9 Å². The SMILES string of the molecule is CC(C)NS(=O)(=O)c1cccc(C(=O)N(C)C2CCCCCC2)c1. The van der Waals surface area contributed by atoms with Gasteiger partial charge in [0, 0.05) is 24.7 Å². The lowest BCUT2D eigenvalue weighted by atomic mass is 10.1. The smallest absolute Gasteiger partial charge is 0.253 e. The van der Waals surface area contributed by atoms with Crippen molar-refractivity contribution in [2.24, 2.45) is 0 Å². The van der Waals surface area contributed by atoms with E-state index in [2.05, 4.69) is 4.72 Å². The van der Waals surface area contributed by atoms with Crippen molar-refractivity contribution in [1.29, 1.82) is 0 Å². The molecule has 1 saturated carbocycles. The molecule has 6 heteroatoms. The topological polar surface area (TPSA) is 66.5 Å². The lowest BCUT2D eigenvalue weighted by Gasteiger charge is -2.27. The van der Waals surface area contributed by atoms with Gasteiger partial charge in [0.15, 0.2) is 0 Å². The molecule has 0 heterocycles. The standard InChI is InChI=1S/C18H28N2O3S/c1-14(2)19-24(22,23)17-12-8-9-15(13-17)18(21)20(3)16-10-6-4-5-7-11-16/h8-9,12-14,16,19H,4-7,10-11H2,1-3H3. The zero-order chi connectivity index (χ0) is 17.7. The number of hydrogen-bond acceptors (Lipinski definition) is 3. The summed E-state index contributed by atoms with van der Waals surface area (Å²) in [5.41, 5.74) is 0.424. The second kappa shape index (κ2) is 8.12. The van der Waals surface area contributed by atoms with Crippen LogP contribution < -0.4 is 4.72 Å². The minimum atomic E-state index is -3.59. The summed E-state index contributed by atoms with van der Waals surface area (Å²) in [6.45, 7) is 3.54. The largest absolute Gasteiger partial charge is 0.339 e. The van der Waals surface area contributed by atoms with Gasteiger partial charge in [0.25, 0.3) is 5.91 Å². The summed E-state index contributed by atoms with van der Waals surface area (Å²) >= 11 is 0. The molecular weight excluding hydrogens is 324 g/mol. The van der Waals surface area contributed by atoms with Crippen LogP contribution in [-0.2, 0) is 10.0 Å². The van der Waals surface area contributed by atoms with Gasteiger partial charge in [0.05, 0.1) is 4.90 Å². The van der Waals surface area contributed by atoms with Crippen LogP contribution in [0.5, 0.6) is 0 Å². The summed E-state index contributed by atoms with van der Waals surface area (Å²) in [6.07, 6.45) is 6.80. The van der Waals surface area contributed by atoms with Gasteiger partial charge in [-0.05, 0) is 44.9 Å². The molecular formula is C18H28N2O3S. The summed E-state index contributed by atoms with van der Waals surface area (Å²) in [5.74, 6) is -0.108. The molecule has 0 aliphatic heterocycles. The van der Waals surface area contributed by atoms with Crippen molar-refractivity contribution >= 4 is 15.9 Å². The van der Waals surface area contributed by atoms with Crippen LogP contribution in [0.2, 0.25) is 0 Å². The van der Waals surface area contributed by atoms with E-state index in [0.29, 0.717) is 5.56 Å². The number of amides is 1. The Morgan fingerprint density at radius 3 is 2.38 bits per heavy atom. The van der Waals surface area contributed by atoms with Crippen molar-refractivity contribution in [3.63, 3.8) is 0 Å². The Balaban J connectivity index is 2.19. The Morgan fingerprint density at radius 2 is 1.79 bits per heavy atom. The molecule has 0 aromatic heterocycles. The zero-order valence-corrected chi connectivity index (χ0v) is 15.6. The minimum Gasteiger partial charge on any atom is -0.339 e. The molecule has 134 valence electrons. The molecule has 5 nitrogen and oxygen atoms in total. The first-order valence-corrected chi connectivity index (χ1v) is 10.2. The molecule has 2 rings (SSSR count). The summed E-state index contributed by atoms with van der Waals surface area (Å²) in [5, 5.41) is 0. The second-order valence-electron chi connectivity index (χ2n) is 6.87. The first-order chi connectivity index (χ1) is 11.3. The molecule has 1 fully saturated rings. The van der Waals surface area contributed by atoms with Crippen LogP contribution >= 0.6 is 0 Å². The van der Waals surface area contributed by atoms with Crippen LogP contribution in [-0.4, -0.2) is 38.4 Å². The minimum absolute atomic E-state index is 0.108. The lowest BCUT2D eigenvalue weighted by molar-refractivity contribution is 0.0717. The lowest BCUT2D eigenvalue weighted by Crippen LogP contribution is -2.37. The molecule has 1 N–H and O–H groups in total. The van der Waals surface area contributed by atoms with Crippen LogP contribution in [0.3, 0.4) is 0 Å². The number of hydrogen-bond donors (Lipinski definition) is 1. The van der Waals surface area contributed by atoms with E-state index >= 15 is 0 Å². The molecule has 0 atom stereocenters. The molecule has 0 radical (unpaired) electrons. The Hall–Kier alpha value is -1.40. The van der Waals surface area contributed by atoms with Crippen molar-refractivity contribution in [3.8, 4) is 0 Å². The summed E-state index contributed by atoms with van der Waals surface area (Å²) in [4.78, 5) is 14.7. The van der Waals surface area contributed by atoms with E-state index in [1.165, 1.54) is 25.0 Å². The van der Waals surface area contributed by atoms with E-state index in [0.717, 1.165) is 25.7 Å². The highest BCUT2D eigenvalue weighted by molar-refractivity contribution is 7.89. The number of sulfonamides is 1. The van der Waals surface area contributed by atoms with Crippen LogP contribution in [0.1, 0.15) is 62.7 Å². The molecule has 1 aliphatic rings. The first-order valence-electron chi connectivity index (χ1n) is 8.71. The van der Waals surface area contributed by atoms with Crippen molar-refractivity contribution in [2.75, 3.05) is 7.05 Å². The van der Waals surface area contributed by atoms with Gasteiger partial charge >= 0.3 is 0 Å². The molecule has 1 aliphatic carbocycles. The van der Waals surface area contributed by atoms with Crippen molar-refractivity contribution in [3.05, 3.63) is 29.8 Å². The van der Waals surface area contributed by atoms with E-state index in [4.69, 9.17) is 0 Å². The van der Waals surface area contributed by atoms with Crippen LogP contribution in [0.25, 0.3) is 0 Å². The fourth-order valence-electron chi connectivity index (χ4n) is 3.19. The van der Waals surface area contributed by atoms with Gasteiger partial charge in [-0.15, -0.1) is 0 Å². The average molecular weight is 353 g/mol.